The summed E-state index contributed by atoms with van der Waals surface area (Å²) in [6.07, 6.45) is 0. The summed E-state index contributed by atoms with van der Waals surface area (Å²) in [6.45, 7) is 6.07. The highest BCUT2D eigenvalue weighted by atomic mass is 35.5. The molecule has 2 N–H and O–H groups in total. The third-order valence-electron chi connectivity index (χ3n) is 2.33. The summed E-state index contributed by atoms with van der Waals surface area (Å²) in [6, 6.07) is 3.94. The van der Waals surface area contributed by atoms with Crippen LogP contribution in [0.4, 0.5) is 0 Å². The van der Waals surface area contributed by atoms with Crippen LogP contribution in [0, 0.1) is 20.8 Å². The van der Waals surface area contributed by atoms with Gasteiger partial charge < -0.3 is 5.73 Å². The smallest absolute Gasteiger partial charge is 0.176 e. The molecule has 0 radical (unpaired) electrons. The highest BCUT2D eigenvalue weighted by Crippen LogP contribution is 2.15. The number of nitrogens with two attached hydrogens (primary N) is 1. The minimum Gasteiger partial charge on any atom is -0.324 e. The van der Waals surface area contributed by atoms with Crippen molar-refractivity contribution in [1.82, 2.24) is 0 Å². The van der Waals surface area contributed by atoms with Gasteiger partial charge in [-0.05, 0) is 43.5 Å². The molecule has 0 amide bonds. The maximum Gasteiger partial charge on any atom is 0.176 e. The molecule has 0 heterocycles. The van der Waals surface area contributed by atoms with Gasteiger partial charge in [-0.3, -0.25) is 4.79 Å². The maximum absolute atomic E-state index is 11.4. The van der Waals surface area contributed by atoms with Crippen LogP contribution in [0.25, 0.3) is 0 Å². The fraction of sp³-hybridized carbons (Fsp3) is 0.364. The summed E-state index contributed by atoms with van der Waals surface area (Å²) in [5.41, 5.74) is 9.43. The van der Waals surface area contributed by atoms with Crippen molar-refractivity contribution in [3.05, 3.63) is 34.4 Å². The lowest BCUT2D eigenvalue weighted by atomic mass is 9.98. The molecule has 0 bridgehead atoms. The fourth-order valence-electron chi connectivity index (χ4n) is 1.37. The van der Waals surface area contributed by atoms with Crippen molar-refractivity contribution in [1.29, 1.82) is 0 Å². The zero-order valence-electron chi connectivity index (χ0n) is 8.76. The quantitative estimate of drug-likeness (QED) is 0.766. The van der Waals surface area contributed by atoms with Crippen LogP contribution in [0.1, 0.15) is 27.0 Å². The number of halogens is 1. The van der Waals surface area contributed by atoms with Crippen LogP contribution in [-0.4, -0.2) is 12.3 Å². The molecule has 2 nitrogen and oxygen atoms in total. The first-order valence-corrected chi connectivity index (χ1v) is 4.37. The third kappa shape index (κ3) is 2.56. The molecule has 0 aromatic heterocycles. The second-order valence-electron chi connectivity index (χ2n) is 3.38. The predicted octanol–water partition coefficient (Wildman–Crippen LogP) is 2.18. The molecule has 0 aliphatic heterocycles. The number of carbonyl (C=O) groups excluding carboxylic acids is 1. The van der Waals surface area contributed by atoms with Crippen LogP contribution >= 0.6 is 12.4 Å². The van der Waals surface area contributed by atoms with Crippen molar-refractivity contribution in [2.75, 3.05) is 6.54 Å². The molecular weight excluding hydrogens is 198 g/mol. The maximum atomic E-state index is 11.4. The van der Waals surface area contributed by atoms with Gasteiger partial charge in [0, 0.05) is 5.56 Å². The summed E-state index contributed by atoms with van der Waals surface area (Å²) in [4.78, 5) is 11.4. The summed E-state index contributed by atoms with van der Waals surface area (Å²) in [5.74, 6) is 0.0144. The summed E-state index contributed by atoms with van der Waals surface area (Å²) >= 11 is 0. The molecule has 1 aromatic carbocycles. The van der Waals surface area contributed by atoms with E-state index in [-0.39, 0.29) is 24.7 Å². The zero-order valence-corrected chi connectivity index (χ0v) is 9.57. The highest BCUT2D eigenvalue weighted by Gasteiger charge is 2.08. The molecule has 14 heavy (non-hydrogen) atoms. The topological polar surface area (TPSA) is 43.1 Å². The van der Waals surface area contributed by atoms with Gasteiger partial charge in [0.05, 0.1) is 6.54 Å². The summed E-state index contributed by atoms with van der Waals surface area (Å²) < 4.78 is 0. The Morgan fingerprint density at radius 3 is 2.14 bits per heavy atom. The van der Waals surface area contributed by atoms with Crippen molar-refractivity contribution >= 4 is 18.2 Å². The summed E-state index contributed by atoms with van der Waals surface area (Å²) in [7, 11) is 0. The van der Waals surface area contributed by atoms with Gasteiger partial charge in [0.1, 0.15) is 0 Å². The number of hydrogen-bond acceptors (Lipinski definition) is 2. The van der Waals surface area contributed by atoms with Gasteiger partial charge >= 0.3 is 0 Å². The molecule has 0 fully saturated rings. The Bertz CT molecular complexity index is 347. The minimum absolute atomic E-state index is 0. The molecule has 78 valence electrons. The van der Waals surface area contributed by atoms with Gasteiger partial charge in [-0.1, -0.05) is 6.07 Å². The lowest BCUT2D eigenvalue weighted by molar-refractivity contribution is 0.100. The predicted molar refractivity (Wildman–Crippen MR) is 61.3 cm³/mol. The van der Waals surface area contributed by atoms with E-state index in [1.807, 2.05) is 32.9 Å². The van der Waals surface area contributed by atoms with Gasteiger partial charge in [-0.25, -0.2) is 0 Å². The molecule has 1 aromatic rings. The van der Waals surface area contributed by atoms with E-state index in [1.165, 1.54) is 5.56 Å². The Balaban J connectivity index is 0.00000169. The second kappa shape index (κ2) is 5.13. The van der Waals surface area contributed by atoms with Crippen LogP contribution in [0.15, 0.2) is 12.1 Å². The molecule has 0 saturated heterocycles. The molecule has 1 rings (SSSR count). The van der Waals surface area contributed by atoms with Gasteiger partial charge in [0.25, 0.3) is 0 Å². The third-order valence-corrected chi connectivity index (χ3v) is 2.33. The number of ketones is 1. The first-order chi connectivity index (χ1) is 6.06. The van der Waals surface area contributed by atoms with Gasteiger partial charge in [-0.2, -0.15) is 0 Å². The van der Waals surface area contributed by atoms with Crippen LogP contribution < -0.4 is 5.73 Å². The van der Waals surface area contributed by atoms with Crippen molar-refractivity contribution in [2.45, 2.75) is 20.8 Å². The average Bonchev–Trinajstić information content (AvgIpc) is 2.10. The van der Waals surface area contributed by atoms with Crippen LogP contribution in [0.5, 0.6) is 0 Å². The number of Topliss-reactive ketones (excluding diaryl/α,β-unsaturated/α-hetero) is 1. The van der Waals surface area contributed by atoms with Gasteiger partial charge in [-0.15, -0.1) is 12.4 Å². The van der Waals surface area contributed by atoms with Crippen LogP contribution in [-0.2, 0) is 0 Å². The van der Waals surface area contributed by atoms with Crippen LogP contribution in [0.2, 0.25) is 0 Å². The normalized spacial score (nSPS) is 9.43. The molecule has 0 saturated carbocycles. The molecule has 0 spiro atoms. The van der Waals surface area contributed by atoms with Crippen molar-refractivity contribution in [3.8, 4) is 0 Å². The van der Waals surface area contributed by atoms with E-state index in [2.05, 4.69) is 0 Å². The Morgan fingerprint density at radius 2 is 1.64 bits per heavy atom. The van der Waals surface area contributed by atoms with Crippen LogP contribution in [0.3, 0.4) is 0 Å². The van der Waals surface area contributed by atoms with E-state index < -0.39 is 0 Å². The number of aryl methyl sites for hydroxylation is 3. The molecule has 3 heteroatoms. The van der Waals surface area contributed by atoms with E-state index in [4.69, 9.17) is 5.73 Å². The Hall–Kier alpha value is -0.860. The standard InChI is InChI=1S/C11H15NO.ClH/c1-7-4-9(3)10(5-8(7)2)11(13)6-12;/h4-5H,6,12H2,1-3H3;1H. The molecule has 0 unspecified atom stereocenters. The van der Waals surface area contributed by atoms with E-state index in [9.17, 15) is 4.79 Å². The monoisotopic (exact) mass is 213 g/mol. The number of rotatable bonds is 2. The largest absolute Gasteiger partial charge is 0.324 e. The minimum atomic E-state index is 0. The molecule has 0 aliphatic carbocycles. The van der Waals surface area contributed by atoms with Gasteiger partial charge in [0.15, 0.2) is 5.78 Å². The van der Waals surface area contributed by atoms with E-state index in [1.54, 1.807) is 0 Å². The Labute approximate surface area is 90.9 Å². The second-order valence-corrected chi connectivity index (χ2v) is 3.38. The number of benzene rings is 1. The zero-order chi connectivity index (χ0) is 10.0. The summed E-state index contributed by atoms with van der Waals surface area (Å²) in [5, 5.41) is 0. The highest BCUT2D eigenvalue weighted by molar-refractivity contribution is 5.99. The van der Waals surface area contributed by atoms with Gasteiger partial charge in [0.2, 0.25) is 0 Å². The van der Waals surface area contributed by atoms with E-state index >= 15 is 0 Å². The fourth-order valence-corrected chi connectivity index (χ4v) is 1.37. The van der Waals surface area contributed by atoms with Crippen molar-refractivity contribution < 1.29 is 4.79 Å². The Kier molecular flexibility index (Phi) is 4.81. The van der Waals surface area contributed by atoms with Crippen molar-refractivity contribution in [2.24, 2.45) is 5.73 Å². The molecule has 0 aliphatic rings. The Morgan fingerprint density at radius 1 is 1.14 bits per heavy atom. The first kappa shape index (κ1) is 13.1. The van der Waals surface area contributed by atoms with Crippen molar-refractivity contribution in [3.63, 3.8) is 0 Å². The lowest BCUT2D eigenvalue weighted by Gasteiger charge is -2.07. The van der Waals surface area contributed by atoms with E-state index in [0.29, 0.717) is 0 Å². The first-order valence-electron chi connectivity index (χ1n) is 4.37. The average molecular weight is 214 g/mol. The number of hydrogen-bond donors (Lipinski definition) is 1. The lowest BCUT2D eigenvalue weighted by Crippen LogP contribution is -2.15. The number of carbonyl (C=O) groups is 1. The molecular formula is C11H16ClNO. The van der Waals surface area contributed by atoms with E-state index in [0.717, 1.165) is 16.7 Å². The SMILES string of the molecule is Cc1cc(C)c(C(=O)CN)cc1C.Cl. The molecule has 0 atom stereocenters.